The summed E-state index contributed by atoms with van der Waals surface area (Å²) >= 11 is 0. The first-order valence-corrected chi connectivity index (χ1v) is 9.16. The second kappa shape index (κ2) is 6.76. The average molecular weight is 340 g/mol. The van der Waals surface area contributed by atoms with Crippen molar-refractivity contribution in [1.29, 1.82) is 0 Å². The summed E-state index contributed by atoms with van der Waals surface area (Å²) in [6, 6.07) is 0.0142. The lowest BCUT2D eigenvalue weighted by atomic mass is 9.77. The molecule has 1 aliphatic carbocycles. The number of hydrogen-bond donors (Lipinski definition) is 4. The Kier molecular flexibility index (Phi) is 4.66. The minimum Gasteiger partial charge on any atom is -0.389 e. The zero-order valence-electron chi connectivity index (χ0n) is 14.1. The van der Waals surface area contributed by atoms with Crippen molar-refractivity contribution in [2.75, 3.05) is 19.7 Å². The molecule has 136 valence electrons. The molecule has 4 rings (SSSR count). The van der Waals surface area contributed by atoms with Gasteiger partial charge in [-0.1, -0.05) is 6.92 Å². The maximum absolute atomic E-state index is 12.2. The minimum atomic E-state index is -0.362. The van der Waals surface area contributed by atoms with Crippen LogP contribution in [0.1, 0.15) is 32.6 Å². The quantitative estimate of drug-likeness (QED) is 0.566. The number of aliphatic hydroxyl groups is 1. The van der Waals surface area contributed by atoms with Crippen LogP contribution < -0.4 is 16.1 Å². The van der Waals surface area contributed by atoms with Gasteiger partial charge in [0.1, 0.15) is 6.23 Å². The fraction of sp³-hybridized carbons (Fsp3) is 0.938. The van der Waals surface area contributed by atoms with Crippen LogP contribution in [0.4, 0.5) is 4.79 Å². The largest absolute Gasteiger partial charge is 0.389 e. The van der Waals surface area contributed by atoms with Gasteiger partial charge >= 0.3 is 6.03 Å². The van der Waals surface area contributed by atoms with Crippen LogP contribution in [0.3, 0.4) is 0 Å². The molecular weight excluding hydrogens is 312 g/mol. The van der Waals surface area contributed by atoms with Gasteiger partial charge in [-0.25, -0.2) is 4.79 Å². The summed E-state index contributed by atoms with van der Waals surface area (Å²) in [5.74, 6) is 0.878. The van der Waals surface area contributed by atoms with Crippen molar-refractivity contribution >= 4 is 6.03 Å². The van der Waals surface area contributed by atoms with Crippen LogP contribution in [0, 0.1) is 11.8 Å². The first-order chi connectivity index (χ1) is 11.6. The van der Waals surface area contributed by atoms with Gasteiger partial charge in [0.05, 0.1) is 44.1 Å². The van der Waals surface area contributed by atoms with Crippen LogP contribution in [0.2, 0.25) is 0 Å². The van der Waals surface area contributed by atoms with Crippen LogP contribution in [-0.2, 0) is 9.57 Å². The molecule has 3 aliphatic heterocycles. The van der Waals surface area contributed by atoms with Crippen molar-refractivity contribution < 1.29 is 19.5 Å². The van der Waals surface area contributed by atoms with Crippen LogP contribution in [0.15, 0.2) is 0 Å². The Labute approximate surface area is 142 Å². The molecule has 5 unspecified atom stereocenters. The van der Waals surface area contributed by atoms with E-state index in [0.29, 0.717) is 31.5 Å². The van der Waals surface area contributed by atoms with E-state index in [1.165, 1.54) is 0 Å². The topological polar surface area (TPSA) is 95.1 Å². The third-order valence-corrected chi connectivity index (χ3v) is 5.89. The molecule has 0 bridgehead atoms. The van der Waals surface area contributed by atoms with E-state index in [-0.39, 0.29) is 36.7 Å². The maximum atomic E-state index is 12.2. The second-order valence-electron chi connectivity index (χ2n) is 7.50. The average Bonchev–Trinajstić information content (AvgIpc) is 3.18. The highest BCUT2D eigenvalue weighted by atomic mass is 16.7. The number of rotatable bonds is 3. The van der Waals surface area contributed by atoms with Crippen molar-refractivity contribution in [1.82, 2.24) is 21.0 Å². The summed E-state index contributed by atoms with van der Waals surface area (Å²) < 4.78 is 5.99. The summed E-state index contributed by atoms with van der Waals surface area (Å²) in [5, 5.41) is 15.9. The van der Waals surface area contributed by atoms with Gasteiger partial charge in [-0.2, -0.15) is 5.48 Å². The smallest absolute Gasteiger partial charge is 0.317 e. The first kappa shape index (κ1) is 16.5. The van der Waals surface area contributed by atoms with Gasteiger partial charge in [-0.3, -0.25) is 10.2 Å². The van der Waals surface area contributed by atoms with E-state index < -0.39 is 0 Å². The van der Waals surface area contributed by atoms with Gasteiger partial charge in [0, 0.05) is 5.92 Å². The number of nitrogens with one attached hydrogen (secondary N) is 3. The van der Waals surface area contributed by atoms with E-state index in [9.17, 15) is 9.90 Å². The van der Waals surface area contributed by atoms with Gasteiger partial charge < -0.3 is 20.1 Å². The number of nitrogens with zero attached hydrogens (tertiary/aromatic N) is 1. The summed E-state index contributed by atoms with van der Waals surface area (Å²) in [7, 11) is 0. The molecular formula is C16H28N4O4. The van der Waals surface area contributed by atoms with Crippen molar-refractivity contribution in [3.8, 4) is 0 Å². The highest BCUT2D eigenvalue weighted by Crippen LogP contribution is 2.39. The molecule has 6 atom stereocenters. The number of likely N-dealkylation sites (tertiary alicyclic amines) is 1. The molecule has 8 nitrogen and oxygen atoms in total. The van der Waals surface area contributed by atoms with Gasteiger partial charge in [-0.05, 0) is 31.6 Å². The predicted molar refractivity (Wildman–Crippen MR) is 85.7 cm³/mol. The Morgan fingerprint density at radius 2 is 2.21 bits per heavy atom. The van der Waals surface area contributed by atoms with Gasteiger partial charge in [0.15, 0.2) is 0 Å². The lowest BCUT2D eigenvalue weighted by molar-refractivity contribution is 0.00259. The van der Waals surface area contributed by atoms with Gasteiger partial charge in [-0.15, -0.1) is 0 Å². The van der Waals surface area contributed by atoms with Crippen LogP contribution in [0.25, 0.3) is 0 Å². The molecule has 4 N–H and O–H groups in total. The third-order valence-electron chi connectivity index (χ3n) is 5.89. The highest BCUT2D eigenvalue weighted by Gasteiger charge is 2.45. The molecule has 24 heavy (non-hydrogen) atoms. The number of hydrogen-bond acceptors (Lipinski definition) is 6. The molecule has 1 saturated carbocycles. The number of β-amino-alcohol motifs (C(OH)–C–C–N with tert-alkyl or cyclic N) is 1. The lowest BCUT2D eigenvalue weighted by Gasteiger charge is -2.38. The number of carbonyl (C=O) groups excluding carboxylic acids is 1. The fourth-order valence-corrected chi connectivity index (χ4v) is 4.37. The third kappa shape index (κ3) is 3.13. The molecule has 0 radical (unpaired) electrons. The molecule has 0 aromatic rings. The Morgan fingerprint density at radius 1 is 1.38 bits per heavy atom. The van der Waals surface area contributed by atoms with Gasteiger partial charge in [0.2, 0.25) is 0 Å². The van der Waals surface area contributed by atoms with Crippen LogP contribution in [0.5, 0.6) is 0 Å². The molecule has 2 amide bonds. The molecule has 0 aromatic carbocycles. The van der Waals surface area contributed by atoms with Crippen molar-refractivity contribution in [3.63, 3.8) is 0 Å². The van der Waals surface area contributed by atoms with E-state index in [4.69, 9.17) is 9.57 Å². The normalized spacial score (nSPS) is 42.7. The number of amides is 2. The Morgan fingerprint density at radius 3 is 2.92 bits per heavy atom. The Hall–Kier alpha value is -0.930. The summed E-state index contributed by atoms with van der Waals surface area (Å²) in [6.45, 7) is 3.56. The molecule has 4 fully saturated rings. The summed E-state index contributed by atoms with van der Waals surface area (Å²) in [5.41, 5.74) is 3.12. The maximum Gasteiger partial charge on any atom is 0.317 e. The number of fused-ring (bicyclic) bond motifs is 1. The Bertz CT molecular complexity index is 473. The fourth-order valence-electron chi connectivity index (χ4n) is 4.37. The lowest BCUT2D eigenvalue weighted by Crippen LogP contribution is -2.59. The standard InChI is InChI=1S/C16H28N4O4/c1-2-14-18-15(19-24-14)9-3-4-11-12(8-23-13(11)5-9)17-16(22)20-6-10(21)7-20/h9-15,18-19,21H,2-8H2,1H3,(H,17,22)/t9?,11?,12-,13?,14?,15?/m1/s1. The minimum absolute atomic E-state index is 0.0741. The SMILES string of the molecule is CCC1NC(C2CCC3C(C2)OC[C@H]3NC(=O)N2CC(O)C2)NO1. The summed E-state index contributed by atoms with van der Waals surface area (Å²) in [4.78, 5) is 19.3. The number of urea groups is 1. The molecule has 8 heteroatoms. The summed E-state index contributed by atoms with van der Waals surface area (Å²) in [6.07, 6.45) is 4.22. The Balaban J connectivity index is 1.28. The van der Waals surface area contributed by atoms with Crippen molar-refractivity contribution in [2.24, 2.45) is 11.8 Å². The molecule has 3 saturated heterocycles. The van der Waals surface area contributed by atoms with Crippen molar-refractivity contribution in [2.45, 2.75) is 63.3 Å². The first-order valence-electron chi connectivity index (χ1n) is 9.16. The predicted octanol–water partition coefficient (Wildman–Crippen LogP) is -0.257. The molecule has 0 spiro atoms. The van der Waals surface area contributed by atoms with Crippen LogP contribution >= 0.6 is 0 Å². The van der Waals surface area contributed by atoms with E-state index in [1.54, 1.807) is 4.90 Å². The zero-order valence-corrected chi connectivity index (χ0v) is 14.1. The molecule has 4 aliphatic rings. The number of hydroxylamine groups is 1. The van der Waals surface area contributed by atoms with E-state index >= 15 is 0 Å². The van der Waals surface area contributed by atoms with Crippen molar-refractivity contribution in [3.05, 3.63) is 0 Å². The van der Waals surface area contributed by atoms with E-state index in [0.717, 1.165) is 25.7 Å². The van der Waals surface area contributed by atoms with E-state index in [2.05, 4.69) is 23.0 Å². The highest BCUT2D eigenvalue weighted by molar-refractivity contribution is 5.75. The number of carbonyl (C=O) groups is 1. The number of ether oxygens (including phenoxy) is 1. The van der Waals surface area contributed by atoms with Crippen LogP contribution in [-0.4, -0.2) is 66.4 Å². The van der Waals surface area contributed by atoms with Gasteiger partial charge in [0.25, 0.3) is 0 Å². The number of aliphatic hydroxyl groups excluding tert-OH is 1. The monoisotopic (exact) mass is 340 g/mol. The molecule has 0 aromatic heterocycles. The second-order valence-corrected chi connectivity index (χ2v) is 7.50. The zero-order chi connectivity index (χ0) is 16.7. The molecule has 3 heterocycles. The van der Waals surface area contributed by atoms with E-state index in [1.807, 2.05) is 0 Å².